The Balaban J connectivity index is 2.40. The van der Waals surface area contributed by atoms with Crippen molar-refractivity contribution in [3.8, 4) is 11.5 Å². The van der Waals surface area contributed by atoms with E-state index in [1.165, 1.54) is 0 Å². The minimum atomic E-state index is 0.377. The summed E-state index contributed by atoms with van der Waals surface area (Å²) in [6.07, 6.45) is 1.56. The fourth-order valence-electron chi connectivity index (χ4n) is 1.16. The molecule has 0 aliphatic carbocycles. The van der Waals surface area contributed by atoms with Crippen LogP contribution >= 0.6 is 34.2 Å². The van der Waals surface area contributed by atoms with Gasteiger partial charge in [-0.15, -0.1) is 0 Å². The van der Waals surface area contributed by atoms with Gasteiger partial charge in [0.25, 0.3) is 0 Å². The van der Waals surface area contributed by atoms with Gasteiger partial charge in [0.05, 0.1) is 10.7 Å². The summed E-state index contributed by atoms with van der Waals surface area (Å²) in [6.45, 7) is 0.377. The van der Waals surface area contributed by atoms with Crippen LogP contribution in [0, 0.1) is 3.57 Å². The maximum absolute atomic E-state index is 6.00. The van der Waals surface area contributed by atoms with Crippen LogP contribution in [-0.2, 0) is 6.54 Å². The molecule has 1 aromatic heterocycles. The van der Waals surface area contributed by atoms with E-state index in [1.54, 1.807) is 6.26 Å². The maximum Gasteiger partial charge on any atom is 0.226 e. The molecule has 3 nitrogen and oxygen atoms in total. The molecule has 2 aromatic rings. The lowest BCUT2D eigenvalue weighted by atomic mass is 10.2. The first kappa shape index (κ1) is 10.9. The molecule has 0 saturated carbocycles. The monoisotopic (exact) mass is 334 g/mol. The number of rotatable bonds is 2. The van der Waals surface area contributed by atoms with Crippen molar-refractivity contribution in [1.29, 1.82) is 0 Å². The Labute approximate surface area is 106 Å². The summed E-state index contributed by atoms with van der Waals surface area (Å²) < 4.78 is 6.29. The van der Waals surface area contributed by atoms with Crippen molar-refractivity contribution in [3.63, 3.8) is 0 Å². The van der Waals surface area contributed by atoms with E-state index in [1.807, 2.05) is 18.2 Å². The van der Waals surface area contributed by atoms with Gasteiger partial charge in [-0.05, 0) is 40.8 Å². The molecule has 0 unspecified atom stereocenters. The molecule has 2 rings (SSSR count). The number of nitrogens with zero attached hydrogens (tertiary/aromatic N) is 1. The Kier molecular flexibility index (Phi) is 3.28. The fourth-order valence-corrected chi connectivity index (χ4v) is 1.68. The third-order valence-electron chi connectivity index (χ3n) is 1.93. The first-order valence-corrected chi connectivity index (χ1v) is 5.76. The molecule has 1 heterocycles. The van der Waals surface area contributed by atoms with Crippen LogP contribution in [0.5, 0.6) is 0 Å². The molecule has 0 bridgehead atoms. The van der Waals surface area contributed by atoms with E-state index >= 15 is 0 Å². The van der Waals surface area contributed by atoms with Crippen molar-refractivity contribution in [2.75, 3.05) is 0 Å². The van der Waals surface area contributed by atoms with Gasteiger partial charge in [0.1, 0.15) is 6.26 Å². The quantitative estimate of drug-likeness (QED) is 0.859. The predicted molar refractivity (Wildman–Crippen MR) is 67.6 cm³/mol. The number of nitrogens with two attached hydrogens (primary N) is 1. The Morgan fingerprint density at radius 1 is 1.47 bits per heavy atom. The van der Waals surface area contributed by atoms with E-state index in [4.69, 9.17) is 21.8 Å². The Morgan fingerprint density at radius 2 is 2.27 bits per heavy atom. The Bertz CT molecular complexity index is 484. The fraction of sp³-hybridized carbons (Fsp3) is 0.100. The average molecular weight is 335 g/mol. The number of oxazole rings is 1. The van der Waals surface area contributed by atoms with Crippen LogP contribution < -0.4 is 5.73 Å². The van der Waals surface area contributed by atoms with E-state index in [9.17, 15) is 0 Å². The van der Waals surface area contributed by atoms with Crippen molar-refractivity contribution in [1.82, 2.24) is 4.98 Å². The van der Waals surface area contributed by atoms with Crippen LogP contribution in [0.15, 0.2) is 28.9 Å². The molecule has 0 fully saturated rings. The van der Waals surface area contributed by atoms with Gasteiger partial charge in [-0.25, -0.2) is 4.98 Å². The predicted octanol–water partition coefficient (Wildman–Crippen LogP) is 3.06. The molecule has 78 valence electrons. The van der Waals surface area contributed by atoms with E-state index in [2.05, 4.69) is 27.6 Å². The Hall–Kier alpha value is -0.590. The van der Waals surface area contributed by atoms with Crippen molar-refractivity contribution in [3.05, 3.63) is 38.7 Å². The zero-order valence-electron chi connectivity index (χ0n) is 7.71. The van der Waals surface area contributed by atoms with Crippen molar-refractivity contribution in [2.24, 2.45) is 5.73 Å². The minimum absolute atomic E-state index is 0.377. The molecule has 0 atom stereocenters. The molecular weight excluding hydrogens is 326 g/mol. The molecule has 0 amide bonds. The zero-order valence-corrected chi connectivity index (χ0v) is 10.6. The van der Waals surface area contributed by atoms with E-state index < -0.39 is 0 Å². The topological polar surface area (TPSA) is 52.0 Å². The molecule has 0 aliphatic rings. The summed E-state index contributed by atoms with van der Waals surface area (Å²) in [4.78, 5) is 4.22. The van der Waals surface area contributed by atoms with Crippen molar-refractivity contribution < 1.29 is 4.42 Å². The summed E-state index contributed by atoms with van der Waals surface area (Å²) in [7, 11) is 0. The van der Waals surface area contributed by atoms with Crippen molar-refractivity contribution >= 4 is 34.2 Å². The number of halogens is 2. The van der Waals surface area contributed by atoms with E-state index in [0.717, 1.165) is 14.8 Å². The largest absolute Gasteiger partial charge is 0.444 e. The van der Waals surface area contributed by atoms with Gasteiger partial charge in [0.15, 0.2) is 0 Å². The van der Waals surface area contributed by atoms with Gasteiger partial charge in [-0.1, -0.05) is 11.6 Å². The SMILES string of the molecule is NCc1coc(-c2ccc(I)c(Cl)c2)n1. The van der Waals surface area contributed by atoms with Crippen LogP contribution in [-0.4, -0.2) is 4.98 Å². The molecule has 0 saturated heterocycles. The van der Waals surface area contributed by atoms with E-state index in [0.29, 0.717) is 17.5 Å². The highest BCUT2D eigenvalue weighted by Gasteiger charge is 2.07. The average Bonchev–Trinajstić information content (AvgIpc) is 2.70. The molecule has 0 radical (unpaired) electrons. The van der Waals surface area contributed by atoms with Crippen LogP contribution in [0.3, 0.4) is 0 Å². The van der Waals surface area contributed by atoms with Crippen LogP contribution in [0.2, 0.25) is 5.02 Å². The highest BCUT2D eigenvalue weighted by molar-refractivity contribution is 14.1. The zero-order chi connectivity index (χ0) is 10.8. The van der Waals surface area contributed by atoms with Gasteiger partial charge in [0, 0.05) is 15.7 Å². The van der Waals surface area contributed by atoms with Gasteiger partial charge < -0.3 is 10.2 Å². The summed E-state index contributed by atoms with van der Waals surface area (Å²) in [6, 6.07) is 5.67. The molecule has 0 spiro atoms. The summed E-state index contributed by atoms with van der Waals surface area (Å²) >= 11 is 8.17. The van der Waals surface area contributed by atoms with Gasteiger partial charge in [0.2, 0.25) is 5.89 Å². The maximum atomic E-state index is 6.00. The minimum Gasteiger partial charge on any atom is -0.444 e. The number of aromatic nitrogens is 1. The lowest BCUT2D eigenvalue weighted by Crippen LogP contribution is -1.95. The summed E-state index contributed by atoms with van der Waals surface area (Å²) in [5.74, 6) is 0.550. The molecule has 2 N–H and O–H groups in total. The highest BCUT2D eigenvalue weighted by Crippen LogP contribution is 2.25. The Morgan fingerprint density at radius 3 is 2.87 bits per heavy atom. The second-order valence-electron chi connectivity index (χ2n) is 2.98. The second-order valence-corrected chi connectivity index (χ2v) is 4.55. The van der Waals surface area contributed by atoms with Gasteiger partial charge >= 0.3 is 0 Å². The first-order chi connectivity index (χ1) is 7.20. The highest BCUT2D eigenvalue weighted by atomic mass is 127. The standard InChI is InChI=1S/C10H8ClIN2O/c11-8-3-6(1-2-9(8)12)10-14-7(4-13)5-15-10/h1-3,5H,4,13H2. The molecule has 5 heteroatoms. The lowest BCUT2D eigenvalue weighted by molar-refractivity contribution is 0.572. The van der Waals surface area contributed by atoms with E-state index in [-0.39, 0.29) is 0 Å². The number of benzene rings is 1. The van der Waals surface area contributed by atoms with Crippen molar-refractivity contribution in [2.45, 2.75) is 6.54 Å². The summed E-state index contributed by atoms with van der Waals surface area (Å²) in [5, 5.41) is 0.695. The molecular formula is C10H8ClIN2O. The van der Waals surface area contributed by atoms with Crippen LogP contribution in [0.25, 0.3) is 11.5 Å². The van der Waals surface area contributed by atoms with Gasteiger partial charge in [-0.3, -0.25) is 0 Å². The first-order valence-electron chi connectivity index (χ1n) is 4.30. The lowest BCUT2D eigenvalue weighted by Gasteiger charge is -1.98. The molecule has 0 aliphatic heterocycles. The van der Waals surface area contributed by atoms with Gasteiger partial charge in [-0.2, -0.15) is 0 Å². The second kappa shape index (κ2) is 4.51. The third-order valence-corrected chi connectivity index (χ3v) is 3.50. The van der Waals surface area contributed by atoms with Crippen LogP contribution in [0.1, 0.15) is 5.69 Å². The molecule has 15 heavy (non-hydrogen) atoms. The number of hydrogen-bond donors (Lipinski definition) is 1. The summed E-state index contributed by atoms with van der Waals surface area (Å²) in [5.41, 5.74) is 7.04. The molecule has 1 aromatic carbocycles. The van der Waals surface area contributed by atoms with Crippen LogP contribution in [0.4, 0.5) is 0 Å². The normalized spacial score (nSPS) is 10.6. The smallest absolute Gasteiger partial charge is 0.226 e. The number of hydrogen-bond acceptors (Lipinski definition) is 3. The third kappa shape index (κ3) is 2.32.